The Bertz CT molecular complexity index is 454. The average molecular weight is 279 g/mol. The molecule has 2 aliphatic rings. The maximum atomic E-state index is 5.47. The summed E-state index contributed by atoms with van der Waals surface area (Å²) in [5, 5.41) is 8.50. The van der Waals surface area contributed by atoms with Crippen molar-refractivity contribution in [2.24, 2.45) is 7.05 Å². The van der Waals surface area contributed by atoms with Crippen molar-refractivity contribution in [1.82, 2.24) is 19.7 Å². The summed E-state index contributed by atoms with van der Waals surface area (Å²) in [5.74, 6) is 1.97. The predicted molar refractivity (Wildman–Crippen MR) is 78.0 cm³/mol. The average Bonchev–Trinajstić information content (AvgIpc) is 2.80. The summed E-state index contributed by atoms with van der Waals surface area (Å²) < 4.78 is 7.55. The molecule has 3 heterocycles. The van der Waals surface area contributed by atoms with Gasteiger partial charge in [0.05, 0.1) is 0 Å². The molecule has 6 nitrogen and oxygen atoms in total. The fourth-order valence-electron chi connectivity index (χ4n) is 3.31. The molecule has 0 radical (unpaired) electrons. The zero-order valence-electron chi connectivity index (χ0n) is 12.7. The minimum atomic E-state index is 0.480. The van der Waals surface area contributed by atoms with Gasteiger partial charge in [-0.25, -0.2) is 0 Å². The Morgan fingerprint density at radius 1 is 1.15 bits per heavy atom. The van der Waals surface area contributed by atoms with Crippen LogP contribution in [0.1, 0.15) is 25.6 Å². The van der Waals surface area contributed by atoms with Gasteiger partial charge in [-0.1, -0.05) is 0 Å². The number of rotatable bonds is 2. The number of aromatic nitrogens is 3. The van der Waals surface area contributed by atoms with Crippen molar-refractivity contribution in [3.05, 3.63) is 5.82 Å². The van der Waals surface area contributed by atoms with Crippen LogP contribution >= 0.6 is 0 Å². The Morgan fingerprint density at radius 2 is 1.90 bits per heavy atom. The second-order valence-corrected chi connectivity index (χ2v) is 5.99. The van der Waals surface area contributed by atoms with E-state index in [4.69, 9.17) is 4.74 Å². The van der Waals surface area contributed by atoms with Crippen molar-refractivity contribution in [3.63, 3.8) is 0 Å². The number of hydrogen-bond acceptors (Lipinski definition) is 5. The van der Waals surface area contributed by atoms with Crippen molar-refractivity contribution < 1.29 is 4.74 Å². The van der Waals surface area contributed by atoms with Gasteiger partial charge in [-0.05, 0) is 26.7 Å². The first-order valence-corrected chi connectivity index (χ1v) is 7.61. The van der Waals surface area contributed by atoms with E-state index in [9.17, 15) is 0 Å². The Kier molecular flexibility index (Phi) is 3.94. The van der Waals surface area contributed by atoms with Crippen LogP contribution < -0.4 is 4.90 Å². The van der Waals surface area contributed by atoms with Gasteiger partial charge in [-0.2, -0.15) is 0 Å². The fourth-order valence-corrected chi connectivity index (χ4v) is 3.31. The van der Waals surface area contributed by atoms with E-state index in [1.807, 2.05) is 14.0 Å². The molecule has 0 aromatic carbocycles. The molecule has 2 saturated heterocycles. The molecule has 0 N–H and O–H groups in total. The van der Waals surface area contributed by atoms with Crippen LogP contribution in [-0.2, 0) is 11.8 Å². The molecular weight excluding hydrogens is 254 g/mol. The number of anilines is 1. The Hall–Kier alpha value is -1.14. The molecule has 3 rings (SSSR count). The summed E-state index contributed by atoms with van der Waals surface area (Å²) in [5.41, 5.74) is 0. The lowest BCUT2D eigenvalue weighted by Gasteiger charge is -2.44. The van der Waals surface area contributed by atoms with Gasteiger partial charge in [-0.3, -0.25) is 4.90 Å². The third-order valence-corrected chi connectivity index (χ3v) is 4.69. The SMILES string of the molecule is Cc1nnc(N2CCN(C3CCOCC3)C[C@@H]2C)n1C. The minimum Gasteiger partial charge on any atom is -0.381 e. The van der Waals surface area contributed by atoms with E-state index in [0.717, 1.165) is 44.6 Å². The Balaban J connectivity index is 1.66. The normalized spacial score (nSPS) is 26.1. The minimum absolute atomic E-state index is 0.480. The Labute approximate surface area is 120 Å². The topological polar surface area (TPSA) is 46.4 Å². The molecule has 0 spiro atoms. The first-order valence-electron chi connectivity index (χ1n) is 7.61. The van der Waals surface area contributed by atoms with Gasteiger partial charge >= 0.3 is 0 Å². The summed E-state index contributed by atoms with van der Waals surface area (Å²) in [4.78, 5) is 5.02. The molecule has 1 atom stereocenters. The Morgan fingerprint density at radius 3 is 2.50 bits per heavy atom. The van der Waals surface area contributed by atoms with Crippen LogP contribution in [-0.4, -0.2) is 64.6 Å². The summed E-state index contributed by atoms with van der Waals surface area (Å²) >= 11 is 0. The lowest BCUT2D eigenvalue weighted by atomic mass is 10.0. The van der Waals surface area contributed by atoms with E-state index in [1.54, 1.807) is 0 Å². The van der Waals surface area contributed by atoms with Crippen molar-refractivity contribution in [1.29, 1.82) is 0 Å². The first kappa shape index (κ1) is 13.8. The van der Waals surface area contributed by atoms with Gasteiger partial charge < -0.3 is 14.2 Å². The van der Waals surface area contributed by atoms with Crippen LogP contribution in [0.3, 0.4) is 0 Å². The van der Waals surface area contributed by atoms with Crippen LogP contribution in [0.25, 0.3) is 0 Å². The second-order valence-electron chi connectivity index (χ2n) is 5.99. The highest BCUT2D eigenvalue weighted by Crippen LogP contribution is 2.22. The lowest BCUT2D eigenvalue weighted by Crippen LogP contribution is -2.56. The van der Waals surface area contributed by atoms with E-state index in [0.29, 0.717) is 12.1 Å². The molecule has 2 fully saturated rings. The molecule has 0 aliphatic carbocycles. The van der Waals surface area contributed by atoms with Gasteiger partial charge in [0.1, 0.15) is 5.82 Å². The third kappa shape index (κ3) is 2.54. The van der Waals surface area contributed by atoms with E-state index in [-0.39, 0.29) is 0 Å². The molecule has 0 unspecified atom stereocenters. The lowest BCUT2D eigenvalue weighted by molar-refractivity contribution is 0.0278. The fraction of sp³-hybridized carbons (Fsp3) is 0.857. The van der Waals surface area contributed by atoms with Crippen molar-refractivity contribution in [2.75, 3.05) is 37.7 Å². The molecule has 20 heavy (non-hydrogen) atoms. The first-order chi connectivity index (χ1) is 9.66. The highest BCUT2D eigenvalue weighted by atomic mass is 16.5. The number of ether oxygens (including phenoxy) is 1. The highest BCUT2D eigenvalue weighted by molar-refractivity contribution is 5.33. The summed E-state index contributed by atoms with van der Waals surface area (Å²) in [7, 11) is 2.04. The van der Waals surface area contributed by atoms with Crippen molar-refractivity contribution >= 4 is 5.95 Å². The van der Waals surface area contributed by atoms with Crippen LogP contribution in [0, 0.1) is 6.92 Å². The van der Waals surface area contributed by atoms with Crippen LogP contribution in [0.5, 0.6) is 0 Å². The van der Waals surface area contributed by atoms with E-state index in [2.05, 4.69) is 31.5 Å². The number of piperazine rings is 1. The van der Waals surface area contributed by atoms with Gasteiger partial charge in [-0.15, -0.1) is 10.2 Å². The van der Waals surface area contributed by atoms with E-state index < -0.39 is 0 Å². The third-order valence-electron chi connectivity index (χ3n) is 4.69. The quantitative estimate of drug-likeness (QED) is 0.802. The monoisotopic (exact) mass is 279 g/mol. The molecule has 2 aliphatic heterocycles. The molecule has 0 saturated carbocycles. The van der Waals surface area contributed by atoms with E-state index >= 15 is 0 Å². The standard InChI is InChI=1S/C14H25N5O/c1-11-10-18(13-4-8-20-9-5-13)6-7-19(11)14-16-15-12(2)17(14)3/h11,13H,4-10H2,1-3H3/t11-/m0/s1. The zero-order chi connectivity index (χ0) is 14.1. The van der Waals surface area contributed by atoms with Gasteiger partial charge in [0.25, 0.3) is 0 Å². The van der Waals surface area contributed by atoms with Crippen LogP contribution in [0.2, 0.25) is 0 Å². The van der Waals surface area contributed by atoms with Gasteiger partial charge in [0.15, 0.2) is 0 Å². The molecule has 0 amide bonds. The zero-order valence-corrected chi connectivity index (χ0v) is 12.7. The van der Waals surface area contributed by atoms with Crippen LogP contribution in [0.15, 0.2) is 0 Å². The summed E-state index contributed by atoms with van der Waals surface area (Å²) in [6, 6.07) is 1.18. The molecule has 112 valence electrons. The summed E-state index contributed by atoms with van der Waals surface area (Å²) in [6.45, 7) is 9.38. The van der Waals surface area contributed by atoms with Gasteiger partial charge in [0, 0.05) is 52.0 Å². The molecule has 6 heteroatoms. The number of hydrogen-bond donors (Lipinski definition) is 0. The molecule has 1 aromatic rings. The molecule has 1 aromatic heterocycles. The van der Waals surface area contributed by atoms with Crippen LogP contribution in [0.4, 0.5) is 5.95 Å². The summed E-state index contributed by atoms with van der Waals surface area (Å²) in [6.07, 6.45) is 2.35. The van der Waals surface area contributed by atoms with Crippen molar-refractivity contribution in [2.45, 2.75) is 38.8 Å². The van der Waals surface area contributed by atoms with E-state index in [1.165, 1.54) is 12.8 Å². The maximum Gasteiger partial charge on any atom is 0.227 e. The predicted octanol–water partition coefficient (Wildman–Crippen LogP) is 0.813. The highest BCUT2D eigenvalue weighted by Gasteiger charge is 2.31. The molecular formula is C14H25N5O. The van der Waals surface area contributed by atoms with Gasteiger partial charge in [0.2, 0.25) is 5.95 Å². The number of nitrogens with zero attached hydrogens (tertiary/aromatic N) is 5. The second kappa shape index (κ2) is 5.69. The van der Waals surface area contributed by atoms with Crippen molar-refractivity contribution in [3.8, 4) is 0 Å². The molecule has 0 bridgehead atoms. The largest absolute Gasteiger partial charge is 0.381 e. The number of aryl methyl sites for hydroxylation is 1. The smallest absolute Gasteiger partial charge is 0.227 e. The maximum absolute atomic E-state index is 5.47.